The van der Waals surface area contributed by atoms with Crippen LogP contribution in [0.15, 0.2) is 0 Å². The van der Waals surface area contributed by atoms with Gasteiger partial charge in [-0.15, -0.1) is 0 Å². The number of likely N-dealkylation sites (N-methyl/N-ethyl adjacent to an activating group) is 1. The summed E-state index contributed by atoms with van der Waals surface area (Å²) in [5.41, 5.74) is 0. The van der Waals surface area contributed by atoms with Crippen molar-refractivity contribution in [1.29, 1.82) is 0 Å². The molecule has 1 heterocycles. The van der Waals surface area contributed by atoms with E-state index in [9.17, 15) is 4.79 Å². The largest absolute Gasteiger partial charge is 0.339 e. The lowest BCUT2D eigenvalue weighted by atomic mass is 10.2. The molecule has 0 spiro atoms. The molecule has 16 heavy (non-hydrogen) atoms. The van der Waals surface area contributed by atoms with E-state index in [1.807, 2.05) is 16.7 Å². The van der Waals surface area contributed by atoms with E-state index in [-0.39, 0.29) is 0 Å². The summed E-state index contributed by atoms with van der Waals surface area (Å²) in [4.78, 5) is 14.0. The average molecular weight is 242 g/mol. The monoisotopic (exact) mass is 242 g/mol. The van der Waals surface area contributed by atoms with Crippen LogP contribution in [0.5, 0.6) is 0 Å². The summed E-state index contributed by atoms with van der Waals surface area (Å²) >= 11 is 2.00. The number of amides is 1. The topological polar surface area (TPSA) is 32.3 Å². The van der Waals surface area contributed by atoms with Crippen molar-refractivity contribution in [3.8, 4) is 0 Å². The minimum Gasteiger partial charge on any atom is -0.339 e. The Labute approximate surface area is 102 Å². The van der Waals surface area contributed by atoms with Crippen molar-refractivity contribution in [2.45, 2.75) is 44.7 Å². The number of nitrogens with one attached hydrogen (secondary N) is 1. The lowest BCUT2D eigenvalue weighted by Gasteiger charge is -2.25. The highest BCUT2D eigenvalue weighted by Crippen LogP contribution is 2.26. The highest BCUT2D eigenvalue weighted by atomic mass is 32.2. The molecule has 3 nitrogen and oxygen atoms in total. The minimum absolute atomic E-state index is 0.292. The third kappa shape index (κ3) is 3.39. The Hall–Kier alpha value is -0.220. The standard InChI is InChI=1S/C12H22N2OS/c1-2-14(11-5-6-11)12(15)8-13-10-4-3-7-16-9-10/h10-11,13H,2-9H2,1H3. The van der Waals surface area contributed by atoms with Gasteiger partial charge in [-0.1, -0.05) is 0 Å². The van der Waals surface area contributed by atoms with E-state index in [4.69, 9.17) is 0 Å². The lowest BCUT2D eigenvalue weighted by Crippen LogP contribution is -2.44. The minimum atomic E-state index is 0.292. The highest BCUT2D eigenvalue weighted by molar-refractivity contribution is 7.99. The zero-order valence-corrected chi connectivity index (χ0v) is 10.9. The molecule has 1 saturated carbocycles. The molecule has 1 N–H and O–H groups in total. The van der Waals surface area contributed by atoms with E-state index in [2.05, 4.69) is 12.2 Å². The fourth-order valence-corrected chi connectivity index (χ4v) is 3.37. The van der Waals surface area contributed by atoms with Crippen molar-refractivity contribution in [3.63, 3.8) is 0 Å². The summed E-state index contributed by atoms with van der Waals surface area (Å²) < 4.78 is 0. The van der Waals surface area contributed by atoms with Gasteiger partial charge in [0, 0.05) is 24.4 Å². The maximum atomic E-state index is 12.0. The molecule has 1 aliphatic carbocycles. The molecule has 0 aromatic heterocycles. The smallest absolute Gasteiger partial charge is 0.236 e. The molecule has 1 atom stereocenters. The van der Waals surface area contributed by atoms with E-state index < -0.39 is 0 Å². The number of hydrogen-bond acceptors (Lipinski definition) is 3. The van der Waals surface area contributed by atoms with E-state index in [0.29, 0.717) is 24.5 Å². The third-order valence-corrected chi connectivity index (χ3v) is 4.57. The summed E-state index contributed by atoms with van der Waals surface area (Å²) in [7, 11) is 0. The first-order valence-corrected chi connectivity index (χ1v) is 7.57. The van der Waals surface area contributed by atoms with Crippen LogP contribution in [-0.4, -0.2) is 47.5 Å². The maximum Gasteiger partial charge on any atom is 0.236 e. The van der Waals surface area contributed by atoms with Crippen molar-refractivity contribution in [2.24, 2.45) is 0 Å². The van der Waals surface area contributed by atoms with Gasteiger partial charge >= 0.3 is 0 Å². The van der Waals surface area contributed by atoms with Gasteiger partial charge in [0.2, 0.25) is 5.91 Å². The molecule has 2 fully saturated rings. The average Bonchev–Trinajstić information content (AvgIpc) is 3.13. The van der Waals surface area contributed by atoms with Crippen LogP contribution in [-0.2, 0) is 4.79 Å². The summed E-state index contributed by atoms with van der Waals surface area (Å²) in [6.07, 6.45) is 4.93. The Kier molecular flexibility index (Phi) is 4.53. The zero-order valence-electron chi connectivity index (χ0n) is 10.1. The van der Waals surface area contributed by atoms with Gasteiger partial charge in [-0.3, -0.25) is 4.79 Å². The predicted octanol–water partition coefficient (Wildman–Crippen LogP) is 1.48. The summed E-state index contributed by atoms with van der Waals surface area (Å²) in [5.74, 6) is 2.75. The van der Waals surface area contributed by atoms with Crippen LogP contribution < -0.4 is 5.32 Å². The quantitative estimate of drug-likeness (QED) is 0.792. The SMILES string of the molecule is CCN(C(=O)CNC1CCCSC1)C1CC1. The summed E-state index contributed by atoms with van der Waals surface area (Å²) in [6, 6.07) is 1.11. The number of thioether (sulfide) groups is 1. The Morgan fingerprint density at radius 1 is 1.44 bits per heavy atom. The Morgan fingerprint density at radius 3 is 2.81 bits per heavy atom. The molecule has 1 unspecified atom stereocenters. The first-order chi connectivity index (χ1) is 7.81. The van der Waals surface area contributed by atoms with E-state index >= 15 is 0 Å². The third-order valence-electron chi connectivity index (χ3n) is 3.35. The number of carbonyl (C=O) groups is 1. The number of nitrogens with zero attached hydrogens (tertiary/aromatic N) is 1. The Bertz CT molecular complexity index is 237. The van der Waals surface area contributed by atoms with Gasteiger partial charge in [0.1, 0.15) is 0 Å². The lowest BCUT2D eigenvalue weighted by molar-refractivity contribution is -0.130. The van der Waals surface area contributed by atoms with Gasteiger partial charge in [0.25, 0.3) is 0 Å². The molecule has 1 aliphatic heterocycles. The van der Waals surface area contributed by atoms with Crippen molar-refractivity contribution in [1.82, 2.24) is 10.2 Å². The first-order valence-electron chi connectivity index (χ1n) is 6.42. The normalized spacial score (nSPS) is 25.4. The fourth-order valence-electron chi connectivity index (χ4n) is 2.26. The molecule has 0 radical (unpaired) electrons. The van der Waals surface area contributed by atoms with Crippen molar-refractivity contribution in [2.75, 3.05) is 24.6 Å². The molecular weight excluding hydrogens is 220 g/mol. The van der Waals surface area contributed by atoms with Crippen LogP contribution in [0.3, 0.4) is 0 Å². The molecule has 0 aromatic carbocycles. The molecule has 92 valence electrons. The first kappa shape index (κ1) is 12.2. The second-order valence-corrected chi connectivity index (χ2v) is 5.86. The highest BCUT2D eigenvalue weighted by Gasteiger charge is 2.31. The predicted molar refractivity (Wildman–Crippen MR) is 68.8 cm³/mol. The molecule has 4 heteroatoms. The van der Waals surface area contributed by atoms with Crippen LogP contribution in [0.25, 0.3) is 0 Å². The molecule has 1 saturated heterocycles. The van der Waals surface area contributed by atoms with Crippen molar-refractivity contribution < 1.29 is 4.79 Å². The molecule has 2 rings (SSSR count). The van der Waals surface area contributed by atoms with Gasteiger partial charge in [0.15, 0.2) is 0 Å². The maximum absolute atomic E-state index is 12.0. The van der Waals surface area contributed by atoms with Crippen molar-refractivity contribution in [3.05, 3.63) is 0 Å². The zero-order chi connectivity index (χ0) is 11.4. The molecule has 2 aliphatic rings. The van der Waals surface area contributed by atoms with Crippen LogP contribution in [0.4, 0.5) is 0 Å². The number of rotatable bonds is 5. The second-order valence-electron chi connectivity index (χ2n) is 4.71. The van der Waals surface area contributed by atoms with Gasteiger partial charge < -0.3 is 10.2 Å². The summed E-state index contributed by atoms with van der Waals surface area (Å²) in [6.45, 7) is 3.48. The van der Waals surface area contributed by atoms with E-state index in [1.54, 1.807) is 0 Å². The molecular formula is C12H22N2OS. The van der Waals surface area contributed by atoms with Crippen molar-refractivity contribution >= 4 is 17.7 Å². The molecule has 0 bridgehead atoms. The molecule has 0 aromatic rings. The van der Waals surface area contributed by atoms with E-state index in [1.165, 1.54) is 37.2 Å². The number of carbonyl (C=O) groups excluding carboxylic acids is 1. The Balaban J connectivity index is 1.69. The second kappa shape index (κ2) is 5.92. The number of hydrogen-bond donors (Lipinski definition) is 1. The van der Waals surface area contributed by atoms with Crippen LogP contribution >= 0.6 is 11.8 Å². The van der Waals surface area contributed by atoms with E-state index in [0.717, 1.165) is 6.54 Å². The van der Waals surface area contributed by atoms with Crippen LogP contribution in [0.2, 0.25) is 0 Å². The Morgan fingerprint density at radius 2 is 2.25 bits per heavy atom. The van der Waals surface area contributed by atoms with Gasteiger partial charge in [0.05, 0.1) is 6.54 Å². The molecule has 1 amide bonds. The van der Waals surface area contributed by atoms with Crippen LogP contribution in [0.1, 0.15) is 32.6 Å². The van der Waals surface area contributed by atoms with Crippen LogP contribution in [0, 0.1) is 0 Å². The van der Waals surface area contributed by atoms with Gasteiger partial charge in [-0.2, -0.15) is 11.8 Å². The van der Waals surface area contributed by atoms with Gasteiger partial charge in [-0.05, 0) is 38.4 Å². The summed E-state index contributed by atoms with van der Waals surface area (Å²) in [5, 5.41) is 3.41. The fraction of sp³-hybridized carbons (Fsp3) is 0.917. The van der Waals surface area contributed by atoms with Gasteiger partial charge in [-0.25, -0.2) is 0 Å².